The summed E-state index contributed by atoms with van der Waals surface area (Å²) in [6.45, 7) is 0.636. The molecule has 0 aliphatic carbocycles. The van der Waals surface area contributed by atoms with Crippen molar-refractivity contribution >= 4 is 43.5 Å². The highest BCUT2D eigenvalue weighted by Gasteiger charge is 2.28. The lowest BCUT2D eigenvalue weighted by Gasteiger charge is -2.16. The Labute approximate surface area is 104 Å². The van der Waals surface area contributed by atoms with Crippen molar-refractivity contribution in [2.24, 2.45) is 0 Å². The van der Waals surface area contributed by atoms with Gasteiger partial charge in [-0.1, -0.05) is 15.9 Å². The van der Waals surface area contributed by atoms with Gasteiger partial charge in [-0.25, -0.2) is 4.39 Å². The number of hydrogen-bond donors (Lipinski definition) is 0. The van der Waals surface area contributed by atoms with Crippen molar-refractivity contribution in [3.05, 3.63) is 28.5 Å². The summed E-state index contributed by atoms with van der Waals surface area (Å²) < 4.78 is 13.4. The highest BCUT2D eigenvalue weighted by molar-refractivity contribution is 9.10. The Balaban J connectivity index is 2.30. The molecule has 1 atom stereocenters. The Hall–Kier alpha value is -0.420. The zero-order chi connectivity index (χ0) is 11.0. The van der Waals surface area contributed by atoms with Crippen molar-refractivity contribution in [3.63, 3.8) is 0 Å². The highest BCUT2D eigenvalue weighted by atomic mass is 79.9. The fraction of sp³-hybridized carbons (Fsp3) is 0.300. The third kappa shape index (κ3) is 2.23. The second-order valence-electron chi connectivity index (χ2n) is 3.40. The minimum Gasteiger partial charge on any atom is -0.311 e. The topological polar surface area (TPSA) is 20.3 Å². The van der Waals surface area contributed by atoms with Crippen LogP contribution in [0.3, 0.4) is 0 Å². The maximum absolute atomic E-state index is 13.0. The van der Waals surface area contributed by atoms with Crippen LogP contribution in [0, 0.1) is 5.82 Å². The molecule has 0 spiro atoms. The number of halogens is 3. The first-order valence-corrected chi connectivity index (χ1v) is 6.18. The number of rotatable bonds is 1. The number of amides is 1. The summed E-state index contributed by atoms with van der Waals surface area (Å²) in [6.07, 6.45) is 0.495. The Morgan fingerprint density at radius 2 is 2.20 bits per heavy atom. The molecule has 2 rings (SSSR count). The van der Waals surface area contributed by atoms with Crippen LogP contribution in [0.15, 0.2) is 22.7 Å². The molecule has 1 amide bonds. The summed E-state index contributed by atoms with van der Waals surface area (Å²) >= 11 is 6.50. The third-order valence-corrected chi connectivity index (χ3v) is 3.51. The number of benzene rings is 1. The summed E-state index contributed by atoms with van der Waals surface area (Å²) in [5.74, 6) is -0.254. The fourth-order valence-electron chi connectivity index (χ4n) is 1.57. The summed E-state index contributed by atoms with van der Waals surface area (Å²) in [7, 11) is 0. The Kier molecular flexibility index (Phi) is 3.11. The Morgan fingerprint density at radius 1 is 1.47 bits per heavy atom. The second-order valence-corrected chi connectivity index (χ2v) is 5.55. The van der Waals surface area contributed by atoms with E-state index in [1.54, 1.807) is 17.0 Å². The maximum atomic E-state index is 13.0. The van der Waals surface area contributed by atoms with Crippen LogP contribution in [0.4, 0.5) is 10.1 Å². The molecule has 1 heterocycles. The van der Waals surface area contributed by atoms with Crippen molar-refractivity contribution in [2.45, 2.75) is 11.2 Å². The first-order chi connectivity index (χ1) is 7.08. The van der Waals surface area contributed by atoms with Crippen molar-refractivity contribution in [2.75, 3.05) is 11.4 Å². The molecule has 1 saturated heterocycles. The molecular formula is C10H8Br2FNO. The monoisotopic (exact) mass is 335 g/mol. The smallest absolute Gasteiger partial charge is 0.228 e. The van der Waals surface area contributed by atoms with Gasteiger partial charge in [0.2, 0.25) is 5.91 Å². The summed E-state index contributed by atoms with van der Waals surface area (Å²) in [5.41, 5.74) is 0.732. The van der Waals surface area contributed by atoms with Gasteiger partial charge in [0.1, 0.15) is 5.82 Å². The summed E-state index contributed by atoms with van der Waals surface area (Å²) in [6, 6.07) is 4.59. The van der Waals surface area contributed by atoms with Crippen LogP contribution in [0.2, 0.25) is 0 Å². The SMILES string of the molecule is O=C1CC(Br)CN1c1ccc(F)c(Br)c1. The second kappa shape index (κ2) is 4.22. The van der Waals surface area contributed by atoms with E-state index in [0.717, 1.165) is 5.69 Å². The number of carbonyl (C=O) groups excluding carboxylic acids is 1. The van der Waals surface area contributed by atoms with E-state index >= 15 is 0 Å². The van der Waals surface area contributed by atoms with Crippen LogP contribution in [0.1, 0.15) is 6.42 Å². The zero-order valence-corrected chi connectivity index (χ0v) is 10.9. The lowest BCUT2D eigenvalue weighted by Crippen LogP contribution is -2.24. The van der Waals surface area contributed by atoms with E-state index in [1.165, 1.54) is 6.07 Å². The maximum Gasteiger partial charge on any atom is 0.228 e. The van der Waals surface area contributed by atoms with Crippen LogP contribution >= 0.6 is 31.9 Å². The average molecular weight is 337 g/mol. The van der Waals surface area contributed by atoms with E-state index < -0.39 is 0 Å². The van der Waals surface area contributed by atoms with Crippen LogP contribution in [-0.4, -0.2) is 17.3 Å². The van der Waals surface area contributed by atoms with Gasteiger partial charge >= 0.3 is 0 Å². The predicted octanol–water partition coefficient (Wildman–Crippen LogP) is 3.09. The molecule has 1 aromatic rings. The van der Waals surface area contributed by atoms with Crippen LogP contribution in [0.25, 0.3) is 0 Å². The minimum atomic E-state index is -0.319. The molecule has 0 saturated carbocycles. The van der Waals surface area contributed by atoms with Gasteiger partial charge in [-0.05, 0) is 34.1 Å². The van der Waals surface area contributed by atoms with Crippen LogP contribution < -0.4 is 4.90 Å². The van der Waals surface area contributed by atoms with E-state index in [0.29, 0.717) is 17.4 Å². The zero-order valence-electron chi connectivity index (χ0n) is 7.71. The molecule has 1 aliphatic heterocycles. The lowest BCUT2D eigenvalue weighted by molar-refractivity contribution is -0.117. The molecule has 1 fully saturated rings. The minimum absolute atomic E-state index is 0.0652. The number of nitrogens with zero attached hydrogens (tertiary/aromatic N) is 1. The van der Waals surface area contributed by atoms with Gasteiger partial charge in [-0.2, -0.15) is 0 Å². The van der Waals surface area contributed by atoms with Crippen LogP contribution in [-0.2, 0) is 4.79 Å². The molecule has 0 N–H and O–H groups in total. The molecule has 1 aliphatic rings. The highest BCUT2D eigenvalue weighted by Crippen LogP contribution is 2.28. The van der Waals surface area contributed by atoms with Crippen molar-refractivity contribution < 1.29 is 9.18 Å². The number of anilines is 1. The first-order valence-electron chi connectivity index (χ1n) is 4.47. The van der Waals surface area contributed by atoms with Gasteiger partial charge in [0.25, 0.3) is 0 Å². The van der Waals surface area contributed by atoms with Gasteiger partial charge in [-0.15, -0.1) is 0 Å². The number of hydrogen-bond acceptors (Lipinski definition) is 1. The van der Waals surface area contributed by atoms with E-state index in [9.17, 15) is 9.18 Å². The lowest BCUT2D eigenvalue weighted by atomic mass is 10.3. The van der Waals surface area contributed by atoms with Gasteiger partial charge < -0.3 is 4.90 Å². The normalized spacial score (nSPS) is 21.1. The molecule has 80 valence electrons. The molecule has 5 heteroatoms. The van der Waals surface area contributed by atoms with Gasteiger partial charge in [-0.3, -0.25) is 4.79 Å². The summed E-state index contributed by atoms with van der Waals surface area (Å²) in [5, 5.41) is 0. The molecule has 1 aromatic carbocycles. The molecular weight excluding hydrogens is 329 g/mol. The molecule has 1 unspecified atom stereocenters. The molecule has 0 bridgehead atoms. The van der Waals surface area contributed by atoms with Crippen LogP contribution in [0.5, 0.6) is 0 Å². The average Bonchev–Trinajstić information content (AvgIpc) is 2.50. The molecule has 0 aromatic heterocycles. The first kappa shape index (κ1) is 11.1. The van der Waals surface area contributed by atoms with Gasteiger partial charge in [0.15, 0.2) is 0 Å². The van der Waals surface area contributed by atoms with Gasteiger partial charge in [0.05, 0.1) is 4.47 Å². The number of alkyl halides is 1. The van der Waals surface area contributed by atoms with E-state index in [2.05, 4.69) is 31.9 Å². The molecule has 15 heavy (non-hydrogen) atoms. The Bertz CT molecular complexity index is 410. The standard InChI is InChI=1S/C10H8Br2FNO/c11-6-3-10(15)14(5-6)7-1-2-9(13)8(12)4-7/h1-2,4,6H,3,5H2. The third-order valence-electron chi connectivity index (χ3n) is 2.29. The largest absolute Gasteiger partial charge is 0.311 e. The van der Waals surface area contributed by atoms with E-state index in [1.807, 2.05) is 0 Å². The van der Waals surface area contributed by atoms with E-state index in [-0.39, 0.29) is 16.6 Å². The molecule has 2 nitrogen and oxygen atoms in total. The number of carbonyl (C=O) groups is 1. The predicted molar refractivity (Wildman–Crippen MR) is 63.8 cm³/mol. The molecule has 0 radical (unpaired) electrons. The van der Waals surface area contributed by atoms with Gasteiger partial charge in [0, 0.05) is 23.5 Å². The quantitative estimate of drug-likeness (QED) is 0.722. The fourth-order valence-corrected chi connectivity index (χ4v) is 2.50. The van der Waals surface area contributed by atoms with Crippen molar-refractivity contribution in [1.82, 2.24) is 0 Å². The van der Waals surface area contributed by atoms with E-state index in [4.69, 9.17) is 0 Å². The summed E-state index contributed by atoms with van der Waals surface area (Å²) in [4.78, 5) is 13.4. The Morgan fingerprint density at radius 3 is 2.73 bits per heavy atom. The van der Waals surface area contributed by atoms with Crippen molar-refractivity contribution in [3.8, 4) is 0 Å². The van der Waals surface area contributed by atoms with Crippen molar-refractivity contribution in [1.29, 1.82) is 0 Å².